The summed E-state index contributed by atoms with van der Waals surface area (Å²) in [5, 5.41) is 6.25. The van der Waals surface area contributed by atoms with Crippen LogP contribution in [-0.2, 0) is 5.54 Å². The van der Waals surface area contributed by atoms with Gasteiger partial charge in [0, 0.05) is 40.6 Å². The highest BCUT2D eigenvalue weighted by molar-refractivity contribution is 7.77. The van der Waals surface area contributed by atoms with Gasteiger partial charge in [-0.25, -0.2) is 4.98 Å². The Hall–Kier alpha value is -5.18. The number of aryl methyl sites for hydroxylation is 1. The van der Waals surface area contributed by atoms with Crippen LogP contribution in [0, 0.1) is 6.92 Å². The molecule has 7 nitrogen and oxygen atoms in total. The maximum atomic E-state index is 5.58. The van der Waals surface area contributed by atoms with Crippen LogP contribution < -0.4 is 14.6 Å². The summed E-state index contributed by atoms with van der Waals surface area (Å²) in [6.07, 6.45) is 5.62. The Morgan fingerprint density at radius 1 is 0.689 bits per heavy atom. The molecule has 3 aromatic carbocycles. The van der Waals surface area contributed by atoms with E-state index in [0.717, 1.165) is 67.1 Å². The molecule has 0 fully saturated rings. The molecule has 7 rings (SSSR count). The smallest absolute Gasteiger partial charge is 0.143 e. The van der Waals surface area contributed by atoms with Crippen LogP contribution in [0.15, 0.2) is 128 Å². The molecule has 0 amide bonds. The number of nitrogens with two attached hydrogens (primary N) is 1. The number of nitrogens with zero attached hydrogens (tertiary/aromatic N) is 4. The molecule has 0 aliphatic heterocycles. The lowest BCUT2D eigenvalue weighted by molar-refractivity contribution is 0.413. The van der Waals surface area contributed by atoms with Gasteiger partial charge >= 0.3 is 0 Å². The molecule has 0 bridgehead atoms. The number of thiol groups is 1. The first-order chi connectivity index (χ1) is 22.1. The van der Waals surface area contributed by atoms with Crippen LogP contribution in [0.1, 0.15) is 22.4 Å². The summed E-state index contributed by atoms with van der Waals surface area (Å²) in [5.74, 6) is 1.58. The van der Waals surface area contributed by atoms with E-state index in [0.29, 0.717) is 0 Å². The summed E-state index contributed by atoms with van der Waals surface area (Å²) in [6.45, 7) is 2.00. The summed E-state index contributed by atoms with van der Waals surface area (Å²) in [6, 6.07) is 37.6. The Labute approximate surface area is 267 Å². The fourth-order valence-corrected chi connectivity index (χ4v) is 6.17. The summed E-state index contributed by atoms with van der Waals surface area (Å²) in [4.78, 5) is 14.3. The maximum Gasteiger partial charge on any atom is 0.143 e. The number of hydrogen-bond donors (Lipinski definition) is 2. The number of benzene rings is 3. The summed E-state index contributed by atoms with van der Waals surface area (Å²) >= 11 is 3.03. The second-order valence-electron chi connectivity index (χ2n) is 10.5. The van der Waals surface area contributed by atoms with Crippen LogP contribution in [0.5, 0.6) is 11.5 Å². The van der Waals surface area contributed by atoms with Crippen molar-refractivity contribution in [2.75, 3.05) is 14.2 Å². The van der Waals surface area contributed by atoms with E-state index in [4.69, 9.17) is 14.5 Å². The van der Waals surface area contributed by atoms with Crippen LogP contribution in [-0.4, -0.2) is 33.7 Å². The maximum absolute atomic E-state index is 5.58. The van der Waals surface area contributed by atoms with E-state index < -0.39 is 5.54 Å². The van der Waals surface area contributed by atoms with Crippen molar-refractivity contribution in [1.82, 2.24) is 19.5 Å². The van der Waals surface area contributed by atoms with Crippen molar-refractivity contribution < 1.29 is 9.47 Å². The molecule has 0 aliphatic carbocycles. The van der Waals surface area contributed by atoms with Crippen molar-refractivity contribution in [2.24, 2.45) is 5.14 Å². The number of rotatable bonds is 7. The highest BCUT2D eigenvalue weighted by atomic mass is 32.1. The van der Waals surface area contributed by atoms with Gasteiger partial charge in [-0.3, -0.25) is 15.1 Å². The average molecular weight is 612 g/mol. The molecule has 0 spiro atoms. The quantitative estimate of drug-likeness (QED) is 0.143. The second kappa shape index (κ2) is 12.8. The molecule has 224 valence electrons. The number of pyridine rings is 3. The summed E-state index contributed by atoms with van der Waals surface area (Å²) in [7, 11) is 3.38. The number of methoxy groups -OCH3 is 2. The van der Waals surface area contributed by atoms with E-state index in [2.05, 4.69) is 105 Å². The van der Waals surface area contributed by atoms with Crippen LogP contribution in [0.3, 0.4) is 0 Å². The Kier molecular flexibility index (Phi) is 8.51. The van der Waals surface area contributed by atoms with Crippen molar-refractivity contribution >= 4 is 34.8 Å². The molecule has 0 saturated heterocycles. The fourth-order valence-electron chi connectivity index (χ4n) is 6.17. The third-order valence-electron chi connectivity index (χ3n) is 8.15. The molecule has 4 aromatic heterocycles. The van der Waals surface area contributed by atoms with Gasteiger partial charge in [0.1, 0.15) is 22.7 Å². The zero-order valence-electron chi connectivity index (χ0n) is 25.3. The SMILES string of the molecule is COc1ccc(C(c2ccccc2)(c2ccc(OC)cc2)n2c3ccncc3c3ccc(-c4ccnc(C)c4)nc32)cc1.NS. The fraction of sp³-hybridized carbons (Fsp3) is 0.108. The minimum Gasteiger partial charge on any atom is -0.497 e. The molecule has 0 radical (unpaired) electrons. The molecule has 7 aromatic rings. The first-order valence-electron chi connectivity index (χ1n) is 14.4. The molecule has 4 heterocycles. The molecule has 45 heavy (non-hydrogen) atoms. The largest absolute Gasteiger partial charge is 0.497 e. The van der Waals surface area contributed by atoms with Crippen molar-refractivity contribution in [1.29, 1.82) is 0 Å². The van der Waals surface area contributed by atoms with E-state index in [1.54, 1.807) is 14.2 Å². The Morgan fingerprint density at radius 3 is 1.91 bits per heavy atom. The highest BCUT2D eigenvalue weighted by Crippen LogP contribution is 2.46. The van der Waals surface area contributed by atoms with Crippen LogP contribution in [0.4, 0.5) is 0 Å². The standard InChI is InChI=1S/C37H30N4O2.H3NS/c1-25-23-26(19-22-39-25)34-18-17-32-33-24-38-21-20-35(33)41(36(32)40-34)37(27-7-5-4-6-8-27,28-9-13-30(42-2)14-10-28)29-11-15-31(43-3)16-12-29;1-2/h4-24H,1-3H3;2H,1H2. The van der Waals surface area contributed by atoms with Gasteiger partial charge < -0.3 is 14.0 Å². The first kappa shape index (κ1) is 29.9. The molecule has 2 N–H and O–H groups in total. The first-order valence-corrected chi connectivity index (χ1v) is 14.9. The van der Waals surface area contributed by atoms with Gasteiger partial charge in [-0.15, -0.1) is 12.8 Å². The van der Waals surface area contributed by atoms with Gasteiger partial charge in [0.2, 0.25) is 0 Å². The van der Waals surface area contributed by atoms with Crippen molar-refractivity contribution in [3.05, 3.63) is 150 Å². The van der Waals surface area contributed by atoms with E-state index in [-0.39, 0.29) is 0 Å². The molecular formula is C37H33N5O2S. The van der Waals surface area contributed by atoms with E-state index in [1.165, 1.54) is 0 Å². The lowest BCUT2D eigenvalue weighted by Crippen LogP contribution is -2.37. The minimum absolute atomic E-state index is 0.792. The van der Waals surface area contributed by atoms with Crippen molar-refractivity contribution in [2.45, 2.75) is 12.5 Å². The average Bonchev–Trinajstić information content (AvgIpc) is 3.44. The van der Waals surface area contributed by atoms with Gasteiger partial charge in [0.05, 0.1) is 25.4 Å². The molecule has 0 saturated carbocycles. The lowest BCUT2D eigenvalue weighted by atomic mass is 9.76. The lowest BCUT2D eigenvalue weighted by Gasteiger charge is -2.39. The predicted octanol–water partition coefficient (Wildman–Crippen LogP) is 7.60. The Balaban J connectivity index is 0.00000175. The molecule has 0 aliphatic rings. The van der Waals surface area contributed by atoms with Crippen LogP contribution >= 0.6 is 12.8 Å². The zero-order chi connectivity index (χ0) is 31.4. The van der Waals surface area contributed by atoms with E-state index in [1.807, 2.05) is 61.9 Å². The molecule has 8 heteroatoms. The minimum atomic E-state index is -0.819. The Bertz CT molecular complexity index is 2010. The van der Waals surface area contributed by atoms with E-state index >= 15 is 0 Å². The zero-order valence-corrected chi connectivity index (χ0v) is 26.1. The predicted molar refractivity (Wildman–Crippen MR) is 184 cm³/mol. The van der Waals surface area contributed by atoms with Gasteiger partial charge in [0.15, 0.2) is 0 Å². The monoisotopic (exact) mass is 611 g/mol. The number of fused-ring (bicyclic) bond motifs is 3. The van der Waals surface area contributed by atoms with Crippen LogP contribution in [0.25, 0.3) is 33.2 Å². The van der Waals surface area contributed by atoms with Gasteiger partial charge in [-0.1, -0.05) is 54.6 Å². The molecular weight excluding hydrogens is 579 g/mol. The van der Waals surface area contributed by atoms with Crippen LogP contribution in [0.2, 0.25) is 0 Å². The summed E-state index contributed by atoms with van der Waals surface area (Å²) in [5.41, 5.74) is 7.11. The molecule has 0 unspecified atom stereocenters. The van der Waals surface area contributed by atoms with E-state index in [9.17, 15) is 0 Å². The van der Waals surface area contributed by atoms with Crippen molar-refractivity contribution in [3.63, 3.8) is 0 Å². The topological polar surface area (TPSA) is 88.1 Å². The van der Waals surface area contributed by atoms with Gasteiger partial charge in [-0.2, -0.15) is 0 Å². The third kappa shape index (κ3) is 5.18. The number of hydrogen-bond acceptors (Lipinski definition) is 7. The number of aromatic nitrogens is 4. The highest BCUT2D eigenvalue weighted by Gasteiger charge is 2.41. The second-order valence-corrected chi connectivity index (χ2v) is 10.5. The summed E-state index contributed by atoms with van der Waals surface area (Å²) < 4.78 is 13.5. The normalized spacial score (nSPS) is 11.2. The van der Waals surface area contributed by atoms with Gasteiger partial charge in [0.25, 0.3) is 0 Å². The number of ether oxygens (including phenoxy) is 2. The Morgan fingerprint density at radius 2 is 1.31 bits per heavy atom. The van der Waals surface area contributed by atoms with Crippen molar-refractivity contribution in [3.8, 4) is 22.8 Å². The van der Waals surface area contributed by atoms with Gasteiger partial charge in [-0.05, 0) is 78.2 Å². The third-order valence-corrected chi connectivity index (χ3v) is 8.15. The molecule has 0 atom stereocenters.